The lowest BCUT2D eigenvalue weighted by Gasteiger charge is -2.17. The molecule has 3 atom stereocenters. The van der Waals surface area contributed by atoms with Crippen molar-refractivity contribution in [2.24, 2.45) is 11.8 Å². The normalized spacial score (nSPS) is 24.4. The maximum Gasteiger partial charge on any atom is 0.129 e. The topological polar surface area (TPSA) is 37.3 Å². The van der Waals surface area contributed by atoms with Crippen molar-refractivity contribution in [1.82, 2.24) is 0 Å². The zero-order valence-electron chi connectivity index (χ0n) is 18.4. The second-order valence-electron chi connectivity index (χ2n) is 7.85. The number of aliphatic hydroxyl groups excluding tert-OH is 1. The average molecular weight is 387 g/mol. The van der Waals surface area contributed by atoms with Gasteiger partial charge in [0.05, 0.1) is 6.10 Å². The molecule has 0 aromatic rings. The molecule has 1 unspecified atom stereocenters. The van der Waals surface area contributed by atoms with Gasteiger partial charge in [-0.25, -0.2) is 0 Å². The summed E-state index contributed by atoms with van der Waals surface area (Å²) in [5.41, 5.74) is 1.49. The van der Waals surface area contributed by atoms with Crippen LogP contribution >= 0.6 is 0 Å². The molecule has 2 aliphatic carbocycles. The van der Waals surface area contributed by atoms with Crippen LogP contribution in [0.25, 0.3) is 0 Å². The molecule has 0 aromatic carbocycles. The van der Waals surface area contributed by atoms with Gasteiger partial charge in [0.25, 0.3) is 0 Å². The van der Waals surface area contributed by atoms with E-state index in [0.717, 1.165) is 38.5 Å². The van der Waals surface area contributed by atoms with Crippen LogP contribution < -0.4 is 0 Å². The third-order valence-electron chi connectivity index (χ3n) is 5.61. The fourth-order valence-electron chi connectivity index (χ4n) is 4.04. The Kier molecular flexibility index (Phi) is 13.6. The second-order valence-corrected chi connectivity index (χ2v) is 7.85. The highest BCUT2D eigenvalue weighted by atomic mass is 16.3. The van der Waals surface area contributed by atoms with E-state index in [1.54, 1.807) is 6.92 Å². The predicted molar refractivity (Wildman–Crippen MR) is 121 cm³/mol. The summed E-state index contributed by atoms with van der Waals surface area (Å²) in [5.74, 6) is 1.14. The van der Waals surface area contributed by atoms with Crippen LogP contribution in [0.4, 0.5) is 0 Å². The Morgan fingerprint density at radius 3 is 2.61 bits per heavy atom. The van der Waals surface area contributed by atoms with Crippen LogP contribution in [0.3, 0.4) is 0 Å². The van der Waals surface area contributed by atoms with Crippen LogP contribution in [0.1, 0.15) is 91.4 Å². The first-order valence-corrected chi connectivity index (χ1v) is 11.5. The maximum atomic E-state index is 10.9. The van der Waals surface area contributed by atoms with Gasteiger partial charge in [-0.2, -0.15) is 0 Å². The molecule has 1 fully saturated rings. The van der Waals surface area contributed by atoms with Crippen molar-refractivity contribution in [2.75, 3.05) is 0 Å². The highest BCUT2D eigenvalue weighted by molar-refractivity contribution is 5.75. The van der Waals surface area contributed by atoms with E-state index in [1.807, 2.05) is 13.8 Å². The van der Waals surface area contributed by atoms with Gasteiger partial charge in [-0.05, 0) is 83.0 Å². The minimum Gasteiger partial charge on any atom is -0.393 e. The van der Waals surface area contributed by atoms with Crippen LogP contribution in [-0.4, -0.2) is 17.0 Å². The van der Waals surface area contributed by atoms with Crippen LogP contribution in [-0.2, 0) is 4.79 Å². The summed E-state index contributed by atoms with van der Waals surface area (Å²) < 4.78 is 0. The largest absolute Gasteiger partial charge is 0.393 e. The van der Waals surface area contributed by atoms with Crippen molar-refractivity contribution in [2.45, 2.75) is 97.5 Å². The number of carbonyl (C=O) groups excluding carboxylic acids is 1. The first kappa shape index (κ1) is 24.6. The first-order valence-electron chi connectivity index (χ1n) is 11.5. The molecule has 2 aliphatic rings. The lowest BCUT2D eigenvalue weighted by Crippen LogP contribution is -2.17. The molecule has 2 rings (SSSR count). The van der Waals surface area contributed by atoms with Crippen molar-refractivity contribution in [1.29, 1.82) is 0 Å². The predicted octanol–water partition coefficient (Wildman–Crippen LogP) is 7.11. The number of carbonyl (C=O) groups is 1. The molecule has 0 aromatic heterocycles. The highest BCUT2D eigenvalue weighted by Gasteiger charge is 2.32. The number of Topliss-reactive ketones (excluding diaryl/α,β-unsaturated/α-hetero) is 1. The molecule has 0 amide bonds. The minimum absolute atomic E-state index is 0.163. The molecule has 0 heterocycles. The summed E-state index contributed by atoms with van der Waals surface area (Å²) in [6, 6.07) is 0. The molecule has 0 spiro atoms. The Bertz CT molecular complexity index is 539. The number of ketones is 1. The van der Waals surface area contributed by atoms with Gasteiger partial charge >= 0.3 is 0 Å². The first-order chi connectivity index (χ1) is 13.7. The van der Waals surface area contributed by atoms with Gasteiger partial charge in [0.2, 0.25) is 0 Å². The minimum atomic E-state index is -0.163. The van der Waals surface area contributed by atoms with Crippen molar-refractivity contribution < 1.29 is 9.90 Å². The van der Waals surface area contributed by atoms with E-state index < -0.39 is 0 Å². The van der Waals surface area contributed by atoms with Crippen molar-refractivity contribution >= 4 is 5.78 Å². The SMILES string of the molecule is CC.CC(=O)CCC/C=C\C[C@@H]1C(/C=C/CCCC2=CCCC=C2)CC[C@@H]1O. The molecule has 0 aliphatic heterocycles. The molecule has 0 radical (unpaired) electrons. The third-order valence-corrected chi connectivity index (χ3v) is 5.61. The number of aliphatic hydroxyl groups is 1. The van der Waals surface area contributed by atoms with E-state index >= 15 is 0 Å². The van der Waals surface area contributed by atoms with E-state index in [4.69, 9.17) is 0 Å². The second kappa shape index (κ2) is 15.5. The van der Waals surface area contributed by atoms with Gasteiger partial charge in [0.1, 0.15) is 5.78 Å². The van der Waals surface area contributed by atoms with Gasteiger partial charge in [0, 0.05) is 6.42 Å². The summed E-state index contributed by atoms with van der Waals surface area (Å²) in [4.78, 5) is 10.9. The molecule has 2 heteroatoms. The zero-order valence-corrected chi connectivity index (χ0v) is 18.4. The summed E-state index contributed by atoms with van der Waals surface area (Å²) in [5, 5.41) is 10.3. The van der Waals surface area contributed by atoms with Gasteiger partial charge in [-0.3, -0.25) is 0 Å². The van der Waals surface area contributed by atoms with E-state index in [1.165, 1.54) is 31.3 Å². The van der Waals surface area contributed by atoms with E-state index in [2.05, 4.69) is 42.5 Å². The summed E-state index contributed by atoms with van der Waals surface area (Å²) in [7, 11) is 0. The average Bonchev–Trinajstić information content (AvgIpc) is 3.06. The highest BCUT2D eigenvalue weighted by Crippen LogP contribution is 2.36. The number of rotatable bonds is 11. The van der Waals surface area contributed by atoms with Crippen LogP contribution in [0.15, 0.2) is 48.1 Å². The molecule has 158 valence electrons. The molecule has 28 heavy (non-hydrogen) atoms. The van der Waals surface area contributed by atoms with Gasteiger partial charge in [-0.1, -0.05) is 62.0 Å². The molecule has 2 nitrogen and oxygen atoms in total. The lowest BCUT2D eigenvalue weighted by molar-refractivity contribution is -0.117. The van der Waals surface area contributed by atoms with Crippen molar-refractivity contribution in [3.8, 4) is 0 Å². The van der Waals surface area contributed by atoms with Crippen molar-refractivity contribution in [3.05, 3.63) is 48.1 Å². The Morgan fingerprint density at radius 2 is 1.89 bits per heavy atom. The molecular formula is C26H42O2. The van der Waals surface area contributed by atoms with Crippen LogP contribution in [0, 0.1) is 11.8 Å². The smallest absolute Gasteiger partial charge is 0.129 e. The Hall–Kier alpha value is -1.41. The number of unbranched alkanes of at least 4 members (excludes halogenated alkanes) is 2. The Labute approximate surface area is 173 Å². The van der Waals surface area contributed by atoms with Crippen LogP contribution in [0.5, 0.6) is 0 Å². The monoisotopic (exact) mass is 386 g/mol. The third kappa shape index (κ3) is 10.2. The lowest BCUT2D eigenvalue weighted by atomic mass is 9.90. The number of hydrogen-bond donors (Lipinski definition) is 1. The Balaban J connectivity index is 0.00000190. The molecule has 1 saturated carbocycles. The molecule has 0 saturated heterocycles. The van der Waals surface area contributed by atoms with E-state index in [-0.39, 0.29) is 11.9 Å². The zero-order chi connectivity index (χ0) is 20.6. The number of hydrogen-bond acceptors (Lipinski definition) is 2. The van der Waals surface area contributed by atoms with Crippen LogP contribution in [0.2, 0.25) is 0 Å². The fraction of sp³-hybridized carbons (Fsp3) is 0.654. The van der Waals surface area contributed by atoms with Gasteiger partial charge in [0.15, 0.2) is 0 Å². The maximum absolute atomic E-state index is 10.9. The van der Waals surface area contributed by atoms with Crippen molar-refractivity contribution in [3.63, 3.8) is 0 Å². The summed E-state index contributed by atoms with van der Waals surface area (Å²) in [6.07, 6.45) is 27.3. The molecule has 1 N–H and O–H groups in total. The summed E-state index contributed by atoms with van der Waals surface area (Å²) in [6.45, 7) is 5.65. The summed E-state index contributed by atoms with van der Waals surface area (Å²) >= 11 is 0. The Morgan fingerprint density at radius 1 is 1.11 bits per heavy atom. The fourth-order valence-corrected chi connectivity index (χ4v) is 4.04. The van der Waals surface area contributed by atoms with E-state index in [0.29, 0.717) is 18.3 Å². The number of allylic oxidation sites excluding steroid dienone is 8. The molecule has 0 bridgehead atoms. The molecular weight excluding hydrogens is 344 g/mol. The standard InChI is InChI=1S/C24H36O2.C2H6/c1-20(25)12-6-2-3-11-17-23-22(18-19-24(23)26)16-10-5-9-15-21-13-7-4-8-14-21;1-2/h3,7,10-11,13-14,16,22-24,26H,2,4-6,8-9,12,15,17-19H2,1H3;1-2H3/b11-3-,16-10+;/t22?,23-,24+;/m1./s1. The van der Waals surface area contributed by atoms with E-state index in [9.17, 15) is 9.90 Å². The van der Waals surface area contributed by atoms with Gasteiger partial charge < -0.3 is 9.90 Å². The quantitative estimate of drug-likeness (QED) is 0.303. The van der Waals surface area contributed by atoms with Gasteiger partial charge in [-0.15, -0.1) is 0 Å².